The van der Waals surface area contributed by atoms with Crippen LogP contribution in [0.3, 0.4) is 0 Å². The Morgan fingerprint density at radius 1 is 1.18 bits per heavy atom. The van der Waals surface area contributed by atoms with Crippen LogP contribution in [-0.4, -0.2) is 36.4 Å². The van der Waals surface area contributed by atoms with Gasteiger partial charge >= 0.3 is 6.18 Å². The molecule has 1 amide bonds. The first-order valence-electron chi connectivity index (χ1n) is 11.3. The number of halogens is 5. The Kier molecular flexibility index (Phi) is 7.81. The van der Waals surface area contributed by atoms with Crippen molar-refractivity contribution in [3.63, 3.8) is 0 Å². The molecule has 3 heterocycles. The molecule has 2 aromatic carbocycles. The number of carbonyl (C=O) groups excluding carboxylic acids is 1. The Bertz CT molecular complexity index is 1720. The third-order valence-electron chi connectivity index (χ3n) is 5.59. The number of nitrogens with one attached hydrogen (secondary N) is 1. The van der Waals surface area contributed by atoms with Crippen LogP contribution in [0, 0.1) is 0 Å². The van der Waals surface area contributed by atoms with Gasteiger partial charge in [-0.15, -0.1) is 28.1 Å². The summed E-state index contributed by atoms with van der Waals surface area (Å²) in [7, 11) is 0. The number of fused-ring (bicyclic) bond motifs is 3. The molecular weight excluding hydrogens is 592 g/mol. The fourth-order valence-corrected chi connectivity index (χ4v) is 5.69. The van der Waals surface area contributed by atoms with Crippen molar-refractivity contribution >= 4 is 79.4 Å². The minimum atomic E-state index is -4.47. The molecule has 14 heteroatoms. The molecule has 0 atom stereocenters. The van der Waals surface area contributed by atoms with Gasteiger partial charge < -0.3 is 9.88 Å². The van der Waals surface area contributed by atoms with E-state index in [-0.39, 0.29) is 23.1 Å². The van der Waals surface area contributed by atoms with E-state index in [0.717, 1.165) is 46.1 Å². The van der Waals surface area contributed by atoms with Gasteiger partial charge in [0.1, 0.15) is 5.52 Å². The molecule has 0 spiro atoms. The van der Waals surface area contributed by atoms with Gasteiger partial charge in [0.25, 0.3) is 0 Å². The molecule has 0 bridgehead atoms. The van der Waals surface area contributed by atoms with Gasteiger partial charge in [0, 0.05) is 39.5 Å². The fourth-order valence-electron chi connectivity index (χ4n) is 3.90. The highest BCUT2D eigenvalue weighted by Crippen LogP contribution is 2.34. The number of benzene rings is 2. The van der Waals surface area contributed by atoms with Gasteiger partial charge in [-0.2, -0.15) is 13.2 Å². The zero-order valence-corrected chi connectivity index (χ0v) is 22.9. The third-order valence-corrected chi connectivity index (χ3v) is 7.95. The number of hydrogen-bond acceptors (Lipinski definition) is 7. The van der Waals surface area contributed by atoms with Crippen molar-refractivity contribution in [3.05, 3.63) is 81.3 Å². The van der Waals surface area contributed by atoms with E-state index in [1.165, 1.54) is 12.3 Å². The van der Waals surface area contributed by atoms with E-state index in [9.17, 15) is 18.0 Å². The van der Waals surface area contributed by atoms with E-state index >= 15 is 0 Å². The number of rotatable bonds is 8. The van der Waals surface area contributed by atoms with Crippen molar-refractivity contribution in [2.45, 2.75) is 24.3 Å². The van der Waals surface area contributed by atoms with Crippen LogP contribution in [0.25, 0.3) is 22.1 Å². The smallest absolute Gasteiger partial charge is 0.320 e. The van der Waals surface area contributed by atoms with E-state index < -0.39 is 11.7 Å². The first kappa shape index (κ1) is 27.4. The number of amides is 1. The van der Waals surface area contributed by atoms with Gasteiger partial charge in [-0.25, -0.2) is 9.97 Å². The second-order valence-corrected chi connectivity index (χ2v) is 11.2. The number of hydrogen-bond donors (Lipinski definition) is 1. The number of alkyl halides is 3. The number of carbonyl (C=O) groups is 1. The quantitative estimate of drug-likeness (QED) is 0.147. The molecule has 0 aliphatic rings. The number of nitrogens with zero attached hydrogens (tertiary/aromatic N) is 5. The van der Waals surface area contributed by atoms with E-state index in [1.807, 2.05) is 10.6 Å². The van der Waals surface area contributed by atoms with Gasteiger partial charge in [0.15, 0.2) is 10.8 Å². The van der Waals surface area contributed by atoms with Gasteiger partial charge in [0.2, 0.25) is 11.1 Å². The Labute approximate surface area is 238 Å². The van der Waals surface area contributed by atoms with Crippen LogP contribution in [0.15, 0.2) is 60.4 Å². The van der Waals surface area contributed by atoms with Gasteiger partial charge in [-0.1, -0.05) is 41.0 Å². The van der Waals surface area contributed by atoms with Gasteiger partial charge in [-0.3, -0.25) is 4.79 Å². The average molecular weight is 609 g/mol. The second kappa shape index (κ2) is 11.1. The number of allylic oxidation sites excluding steroid dienone is 1. The monoisotopic (exact) mass is 608 g/mol. The largest absolute Gasteiger partial charge is 0.416 e. The molecule has 200 valence electrons. The topological polar surface area (TPSA) is 85.6 Å². The summed E-state index contributed by atoms with van der Waals surface area (Å²) in [4.78, 5) is 22.0. The lowest BCUT2D eigenvalue weighted by Crippen LogP contribution is -2.14. The van der Waals surface area contributed by atoms with Gasteiger partial charge in [0.05, 0.1) is 16.8 Å². The summed E-state index contributed by atoms with van der Waals surface area (Å²) in [5.41, 5.74) is 1.63. The second-order valence-electron chi connectivity index (χ2n) is 8.28. The molecule has 3 aromatic heterocycles. The van der Waals surface area contributed by atoms with Crippen LogP contribution in [0.2, 0.25) is 10.0 Å². The molecule has 0 fully saturated rings. The van der Waals surface area contributed by atoms with E-state index in [0.29, 0.717) is 43.5 Å². The highest BCUT2D eigenvalue weighted by Gasteiger charge is 2.31. The summed E-state index contributed by atoms with van der Waals surface area (Å²) in [5, 5.41) is 13.4. The number of thiazole rings is 1. The standard InChI is InChI=1S/C25H17Cl2F3N6OS2/c1-2-7-36-19-6-4-15(26)10-17(19)21-22(36)33-24(35-34-21)38-12-20(37)32-23-31-11-16(39-23)9-13-8-14(25(28,29)30)3-5-18(13)27/h2-6,8,10-11H,1,7,9,12H2,(H,31,32,37). The lowest BCUT2D eigenvalue weighted by molar-refractivity contribution is -0.137. The third kappa shape index (κ3) is 6.03. The maximum Gasteiger partial charge on any atom is 0.416 e. The Morgan fingerprint density at radius 3 is 2.77 bits per heavy atom. The fraction of sp³-hybridized carbons (Fsp3) is 0.160. The highest BCUT2D eigenvalue weighted by molar-refractivity contribution is 7.99. The minimum Gasteiger partial charge on any atom is -0.320 e. The summed E-state index contributed by atoms with van der Waals surface area (Å²) in [6.45, 7) is 4.31. The SMILES string of the molecule is C=CCn1c2ccc(Cl)cc2c2nnc(SCC(=O)Nc3ncc(Cc4cc(C(F)(F)F)ccc4Cl)s3)nc21. The lowest BCUT2D eigenvalue weighted by Gasteiger charge is -2.09. The summed E-state index contributed by atoms with van der Waals surface area (Å²) in [6, 6.07) is 8.65. The molecule has 0 saturated heterocycles. The number of anilines is 1. The zero-order valence-electron chi connectivity index (χ0n) is 19.8. The van der Waals surface area contributed by atoms with E-state index in [1.54, 1.807) is 18.2 Å². The maximum atomic E-state index is 13.1. The summed E-state index contributed by atoms with van der Waals surface area (Å²) < 4.78 is 41.1. The van der Waals surface area contributed by atoms with Crippen LogP contribution < -0.4 is 5.32 Å². The van der Waals surface area contributed by atoms with Crippen molar-refractivity contribution in [1.29, 1.82) is 0 Å². The molecule has 0 saturated carbocycles. The van der Waals surface area contributed by atoms with Crippen LogP contribution >= 0.6 is 46.3 Å². The molecule has 1 N–H and O–H groups in total. The van der Waals surface area contributed by atoms with Gasteiger partial charge in [-0.05, 0) is 42.0 Å². The molecule has 0 aliphatic carbocycles. The Morgan fingerprint density at radius 2 is 2.00 bits per heavy atom. The molecule has 39 heavy (non-hydrogen) atoms. The molecule has 0 aliphatic heterocycles. The molecular formula is C25H17Cl2F3N6OS2. The van der Waals surface area contributed by atoms with Crippen LogP contribution in [-0.2, 0) is 23.9 Å². The van der Waals surface area contributed by atoms with Crippen molar-refractivity contribution in [1.82, 2.24) is 24.7 Å². The summed E-state index contributed by atoms with van der Waals surface area (Å²) in [5.74, 6) is -0.352. The molecule has 7 nitrogen and oxygen atoms in total. The number of aromatic nitrogens is 5. The molecule has 5 rings (SSSR count). The van der Waals surface area contributed by atoms with Crippen molar-refractivity contribution in [3.8, 4) is 0 Å². The minimum absolute atomic E-state index is 0.00489. The lowest BCUT2D eigenvalue weighted by atomic mass is 10.1. The predicted molar refractivity (Wildman–Crippen MR) is 149 cm³/mol. The van der Waals surface area contributed by atoms with Crippen molar-refractivity contribution in [2.24, 2.45) is 0 Å². The van der Waals surface area contributed by atoms with E-state index in [4.69, 9.17) is 23.2 Å². The molecule has 0 unspecified atom stereocenters. The summed E-state index contributed by atoms with van der Waals surface area (Å²) >= 11 is 14.5. The predicted octanol–water partition coefficient (Wildman–Crippen LogP) is 7.27. The average Bonchev–Trinajstić information content (AvgIpc) is 3.45. The van der Waals surface area contributed by atoms with Crippen molar-refractivity contribution in [2.75, 3.05) is 11.1 Å². The first-order chi connectivity index (χ1) is 18.6. The van der Waals surface area contributed by atoms with Crippen LogP contribution in [0.5, 0.6) is 0 Å². The van der Waals surface area contributed by atoms with Crippen LogP contribution in [0.4, 0.5) is 18.3 Å². The van der Waals surface area contributed by atoms with Crippen molar-refractivity contribution < 1.29 is 18.0 Å². The molecule has 0 radical (unpaired) electrons. The zero-order chi connectivity index (χ0) is 27.7. The first-order valence-corrected chi connectivity index (χ1v) is 13.8. The number of thioether (sulfide) groups is 1. The molecule has 5 aromatic rings. The van der Waals surface area contributed by atoms with Crippen LogP contribution in [0.1, 0.15) is 16.0 Å². The highest BCUT2D eigenvalue weighted by atomic mass is 35.5. The Hall–Kier alpha value is -3.19. The summed E-state index contributed by atoms with van der Waals surface area (Å²) in [6.07, 6.45) is -1.08. The normalized spacial score (nSPS) is 11.8. The maximum absolute atomic E-state index is 13.1. The van der Waals surface area contributed by atoms with E-state index in [2.05, 4.69) is 32.1 Å². The Balaban J connectivity index is 1.26.